The summed E-state index contributed by atoms with van der Waals surface area (Å²) in [5, 5.41) is 3.37. The predicted octanol–water partition coefficient (Wildman–Crippen LogP) is 2.64. The molecule has 0 radical (unpaired) electrons. The summed E-state index contributed by atoms with van der Waals surface area (Å²) in [6.07, 6.45) is 8.85. The Kier molecular flexibility index (Phi) is 4.30. The van der Waals surface area contributed by atoms with Gasteiger partial charge in [-0.15, -0.1) is 0 Å². The highest BCUT2D eigenvalue weighted by atomic mass is 14.9. The van der Waals surface area contributed by atoms with Gasteiger partial charge in [-0.1, -0.05) is 13.0 Å². The van der Waals surface area contributed by atoms with Crippen molar-refractivity contribution in [2.45, 2.75) is 32.6 Å². The van der Waals surface area contributed by atoms with E-state index in [1.807, 2.05) is 0 Å². The fourth-order valence-electron chi connectivity index (χ4n) is 1.40. The second kappa shape index (κ2) is 5.57. The number of hydrogen-bond donors (Lipinski definition) is 1. The van der Waals surface area contributed by atoms with Gasteiger partial charge in [0.15, 0.2) is 0 Å². The van der Waals surface area contributed by atoms with E-state index in [2.05, 4.69) is 36.1 Å². The van der Waals surface area contributed by atoms with Crippen molar-refractivity contribution >= 4 is 6.72 Å². The van der Waals surface area contributed by atoms with Crippen LogP contribution in [0.2, 0.25) is 0 Å². The van der Waals surface area contributed by atoms with Gasteiger partial charge in [0.1, 0.15) is 0 Å². The van der Waals surface area contributed by atoms with Crippen LogP contribution >= 0.6 is 0 Å². The molecule has 1 N–H and O–H groups in total. The standard InChI is InChI=1S/C11H18N2/c1-3-9-13-11-8-6-4-5-7-10(11)12-2/h6,8,13H,2-5,7,9H2,1H3. The molecule has 1 aliphatic carbocycles. The Hall–Kier alpha value is -1.05. The van der Waals surface area contributed by atoms with Crippen LogP contribution in [0.15, 0.2) is 28.5 Å². The molecular weight excluding hydrogens is 160 g/mol. The first-order chi connectivity index (χ1) is 6.38. The van der Waals surface area contributed by atoms with Crippen molar-refractivity contribution in [3.63, 3.8) is 0 Å². The van der Waals surface area contributed by atoms with Gasteiger partial charge in [-0.25, -0.2) is 0 Å². The van der Waals surface area contributed by atoms with Gasteiger partial charge in [-0.3, -0.25) is 4.99 Å². The first-order valence-electron chi connectivity index (χ1n) is 4.98. The normalized spacial score (nSPS) is 17.0. The van der Waals surface area contributed by atoms with Crippen molar-refractivity contribution in [2.24, 2.45) is 4.99 Å². The van der Waals surface area contributed by atoms with Gasteiger partial charge in [0.2, 0.25) is 0 Å². The minimum absolute atomic E-state index is 1.01. The second-order valence-electron chi connectivity index (χ2n) is 3.24. The first kappa shape index (κ1) is 10.0. The summed E-state index contributed by atoms with van der Waals surface area (Å²) in [4.78, 5) is 4.06. The predicted molar refractivity (Wildman–Crippen MR) is 57.9 cm³/mol. The Bertz CT molecular complexity index is 226. The van der Waals surface area contributed by atoms with Gasteiger partial charge < -0.3 is 5.32 Å². The molecule has 0 fully saturated rings. The average molecular weight is 178 g/mol. The summed E-state index contributed by atoms with van der Waals surface area (Å²) in [5.41, 5.74) is 2.27. The molecule has 2 nitrogen and oxygen atoms in total. The zero-order valence-corrected chi connectivity index (χ0v) is 8.34. The van der Waals surface area contributed by atoms with E-state index in [1.54, 1.807) is 0 Å². The molecular formula is C11H18N2. The molecule has 72 valence electrons. The summed E-state index contributed by atoms with van der Waals surface area (Å²) in [6, 6.07) is 0. The molecule has 0 heterocycles. The molecule has 0 aromatic heterocycles. The van der Waals surface area contributed by atoms with Crippen molar-refractivity contribution < 1.29 is 0 Å². The first-order valence-corrected chi connectivity index (χ1v) is 4.98. The number of hydrogen-bond acceptors (Lipinski definition) is 2. The Labute approximate surface area is 80.4 Å². The minimum Gasteiger partial charge on any atom is -0.384 e. The molecule has 13 heavy (non-hydrogen) atoms. The lowest BCUT2D eigenvalue weighted by Crippen LogP contribution is -2.14. The largest absolute Gasteiger partial charge is 0.384 e. The average Bonchev–Trinajstić information content (AvgIpc) is 2.39. The quantitative estimate of drug-likeness (QED) is 0.657. The molecule has 0 atom stereocenters. The van der Waals surface area contributed by atoms with Gasteiger partial charge in [-0.2, -0.15) is 0 Å². The lowest BCUT2D eigenvalue weighted by atomic mass is 10.2. The molecule has 0 bridgehead atoms. The zero-order valence-electron chi connectivity index (χ0n) is 8.34. The Balaban J connectivity index is 2.68. The highest BCUT2D eigenvalue weighted by molar-refractivity contribution is 5.34. The van der Waals surface area contributed by atoms with E-state index >= 15 is 0 Å². The van der Waals surface area contributed by atoms with Crippen molar-refractivity contribution in [1.29, 1.82) is 0 Å². The van der Waals surface area contributed by atoms with E-state index in [0.29, 0.717) is 0 Å². The van der Waals surface area contributed by atoms with Crippen LogP contribution in [0.5, 0.6) is 0 Å². The summed E-state index contributed by atoms with van der Waals surface area (Å²) in [6.45, 7) is 6.78. The second-order valence-corrected chi connectivity index (χ2v) is 3.24. The van der Waals surface area contributed by atoms with Gasteiger partial charge in [0.25, 0.3) is 0 Å². The number of nitrogens with zero attached hydrogens (tertiary/aromatic N) is 1. The third-order valence-electron chi connectivity index (χ3n) is 2.14. The monoisotopic (exact) mass is 178 g/mol. The van der Waals surface area contributed by atoms with Crippen molar-refractivity contribution in [2.75, 3.05) is 6.54 Å². The van der Waals surface area contributed by atoms with Crippen molar-refractivity contribution in [1.82, 2.24) is 5.32 Å². The van der Waals surface area contributed by atoms with Crippen LogP contribution in [0.4, 0.5) is 0 Å². The van der Waals surface area contributed by atoms with Crippen molar-refractivity contribution in [3.8, 4) is 0 Å². The summed E-state index contributed by atoms with van der Waals surface area (Å²) in [5.74, 6) is 0. The molecule has 0 saturated carbocycles. The summed E-state index contributed by atoms with van der Waals surface area (Å²) >= 11 is 0. The molecule has 0 spiro atoms. The number of rotatable bonds is 4. The fraction of sp³-hybridized carbons (Fsp3) is 0.545. The third-order valence-corrected chi connectivity index (χ3v) is 2.14. The van der Waals surface area contributed by atoms with Crippen LogP contribution in [-0.4, -0.2) is 13.3 Å². The molecule has 0 amide bonds. The highest BCUT2D eigenvalue weighted by Gasteiger charge is 2.04. The molecule has 0 aliphatic heterocycles. The smallest absolute Gasteiger partial charge is 0.0627 e. The van der Waals surface area contributed by atoms with Crippen LogP contribution in [0.25, 0.3) is 0 Å². The summed E-state index contributed by atoms with van der Waals surface area (Å²) in [7, 11) is 0. The van der Waals surface area contributed by atoms with E-state index in [1.165, 1.54) is 6.42 Å². The Morgan fingerprint density at radius 1 is 1.62 bits per heavy atom. The van der Waals surface area contributed by atoms with Gasteiger partial charge in [0.05, 0.1) is 11.4 Å². The van der Waals surface area contributed by atoms with E-state index in [9.17, 15) is 0 Å². The number of aliphatic imine (C=N–C) groups is 1. The van der Waals surface area contributed by atoms with Gasteiger partial charge >= 0.3 is 0 Å². The molecule has 1 rings (SSSR count). The highest BCUT2D eigenvalue weighted by Crippen LogP contribution is 2.17. The van der Waals surface area contributed by atoms with E-state index < -0.39 is 0 Å². The van der Waals surface area contributed by atoms with Gasteiger partial charge in [-0.05, 0) is 38.5 Å². The molecule has 0 saturated heterocycles. The zero-order chi connectivity index (χ0) is 9.52. The molecule has 0 aromatic rings. The SMILES string of the molecule is C=NC1=C(NCCC)C=CCCC1. The Morgan fingerprint density at radius 3 is 3.15 bits per heavy atom. The maximum Gasteiger partial charge on any atom is 0.0627 e. The maximum atomic E-state index is 4.06. The summed E-state index contributed by atoms with van der Waals surface area (Å²) < 4.78 is 0. The lowest BCUT2D eigenvalue weighted by molar-refractivity contribution is 0.760. The molecule has 0 unspecified atom stereocenters. The van der Waals surface area contributed by atoms with Crippen LogP contribution in [0.3, 0.4) is 0 Å². The van der Waals surface area contributed by atoms with Gasteiger partial charge in [0, 0.05) is 6.54 Å². The molecule has 1 aliphatic rings. The number of nitrogens with one attached hydrogen (secondary N) is 1. The topological polar surface area (TPSA) is 24.4 Å². The van der Waals surface area contributed by atoms with Crippen LogP contribution in [-0.2, 0) is 0 Å². The Morgan fingerprint density at radius 2 is 2.46 bits per heavy atom. The van der Waals surface area contributed by atoms with Crippen LogP contribution in [0.1, 0.15) is 32.6 Å². The van der Waals surface area contributed by atoms with E-state index in [0.717, 1.165) is 37.2 Å². The third kappa shape index (κ3) is 3.05. The molecule has 0 aromatic carbocycles. The van der Waals surface area contributed by atoms with Crippen LogP contribution in [0, 0.1) is 0 Å². The molecule has 2 heteroatoms. The van der Waals surface area contributed by atoms with Crippen molar-refractivity contribution in [3.05, 3.63) is 23.5 Å². The lowest BCUT2D eigenvalue weighted by Gasteiger charge is -2.08. The minimum atomic E-state index is 1.01. The van der Waals surface area contributed by atoms with Crippen LogP contribution < -0.4 is 5.32 Å². The number of allylic oxidation sites excluding steroid dienone is 3. The fourth-order valence-corrected chi connectivity index (χ4v) is 1.40. The van der Waals surface area contributed by atoms with E-state index in [-0.39, 0.29) is 0 Å². The maximum absolute atomic E-state index is 4.06. The van der Waals surface area contributed by atoms with E-state index in [4.69, 9.17) is 0 Å².